The normalized spacial score (nSPS) is 54.9. The molecule has 2 saturated carbocycles. The fourth-order valence-electron chi connectivity index (χ4n) is 4.69. The van der Waals surface area contributed by atoms with E-state index in [1.807, 2.05) is 13.8 Å². The second-order valence-electron chi connectivity index (χ2n) is 7.14. The van der Waals surface area contributed by atoms with Crippen molar-refractivity contribution in [3.8, 4) is 0 Å². The van der Waals surface area contributed by atoms with Gasteiger partial charge in [-0.25, -0.2) is 8.78 Å². The van der Waals surface area contributed by atoms with Gasteiger partial charge < -0.3 is 4.74 Å². The highest BCUT2D eigenvalue weighted by molar-refractivity contribution is 4.98. The second-order valence-corrected chi connectivity index (χ2v) is 7.14. The van der Waals surface area contributed by atoms with Crippen molar-refractivity contribution in [3.63, 3.8) is 0 Å². The first-order valence-electron chi connectivity index (χ1n) is 7.99. The molecule has 1 nitrogen and oxygen atoms in total. The predicted molar refractivity (Wildman–Crippen MR) is 71.4 cm³/mol. The fourth-order valence-corrected chi connectivity index (χ4v) is 4.69. The summed E-state index contributed by atoms with van der Waals surface area (Å²) in [5.41, 5.74) is 0. The van der Waals surface area contributed by atoms with Gasteiger partial charge in [-0.3, -0.25) is 0 Å². The maximum atomic E-state index is 14.5. The fraction of sp³-hybridized carbons (Fsp3) is 1.00. The van der Waals surface area contributed by atoms with Gasteiger partial charge in [-0.05, 0) is 49.4 Å². The smallest absolute Gasteiger partial charge is 0.129 e. The molecular weight excluding hydrogens is 246 g/mol. The first-order valence-corrected chi connectivity index (χ1v) is 7.99. The minimum atomic E-state index is -0.849. The Morgan fingerprint density at radius 3 is 2.32 bits per heavy atom. The third-order valence-electron chi connectivity index (χ3n) is 5.97. The molecule has 0 spiro atoms. The van der Waals surface area contributed by atoms with Gasteiger partial charge in [-0.15, -0.1) is 0 Å². The van der Waals surface area contributed by atoms with Crippen molar-refractivity contribution >= 4 is 0 Å². The van der Waals surface area contributed by atoms with E-state index in [0.717, 1.165) is 32.1 Å². The summed E-state index contributed by atoms with van der Waals surface area (Å²) >= 11 is 0. The van der Waals surface area contributed by atoms with Crippen LogP contribution in [-0.2, 0) is 4.74 Å². The zero-order valence-electron chi connectivity index (χ0n) is 12.0. The van der Waals surface area contributed by atoms with E-state index in [4.69, 9.17) is 4.74 Å². The van der Waals surface area contributed by atoms with E-state index in [1.165, 1.54) is 0 Å². The molecule has 1 heterocycles. The first kappa shape index (κ1) is 13.8. The number of ether oxygens (including phenoxy) is 1. The molecule has 0 bridgehead atoms. The molecule has 0 aromatic heterocycles. The van der Waals surface area contributed by atoms with Crippen LogP contribution in [0.2, 0.25) is 0 Å². The summed E-state index contributed by atoms with van der Waals surface area (Å²) in [6, 6.07) is 0. The van der Waals surface area contributed by atoms with Crippen molar-refractivity contribution in [2.75, 3.05) is 6.61 Å². The van der Waals surface area contributed by atoms with Gasteiger partial charge in [0.2, 0.25) is 0 Å². The quantitative estimate of drug-likeness (QED) is 0.643. The van der Waals surface area contributed by atoms with Crippen LogP contribution in [0, 0.1) is 29.6 Å². The molecule has 3 aliphatic rings. The van der Waals surface area contributed by atoms with E-state index < -0.39 is 12.3 Å². The summed E-state index contributed by atoms with van der Waals surface area (Å²) in [7, 11) is 0. The van der Waals surface area contributed by atoms with Gasteiger partial charge in [-0.2, -0.15) is 0 Å². The van der Waals surface area contributed by atoms with E-state index in [0.29, 0.717) is 12.5 Å². The molecule has 19 heavy (non-hydrogen) atoms. The lowest BCUT2D eigenvalue weighted by molar-refractivity contribution is -0.164. The summed E-state index contributed by atoms with van der Waals surface area (Å²) in [5.74, 6) is 0.861. The number of hydrogen-bond acceptors (Lipinski definition) is 1. The Hall–Kier alpha value is -0.180. The average molecular weight is 272 g/mol. The SMILES string of the molecule is CC1CCCC2C(COC3C(F)C(C)CCC23)C1F. The van der Waals surface area contributed by atoms with Gasteiger partial charge in [0.25, 0.3) is 0 Å². The lowest BCUT2D eigenvalue weighted by Gasteiger charge is -2.48. The third kappa shape index (κ3) is 2.32. The highest BCUT2D eigenvalue weighted by atomic mass is 19.1. The zero-order chi connectivity index (χ0) is 13.6. The molecule has 3 fully saturated rings. The Morgan fingerprint density at radius 1 is 0.789 bits per heavy atom. The van der Waals surface area contributed by atoms with Gasteiger partial charge in [0.05, 0.1) is 12.7 Å². The van der Waals surface area contributed by atoms with Crippen LogP contribution in [0.15, 0.2) is 0 Å². The van der Waals surface area contributed by atoms with Crippen molar-refractivity contribution in [3.05, 3.63) is 0 Å². The third-order valence-corrected chi connectivity index (χ3v) is 5.97. The van der Waals surface area contributed by atoms with E-state index in [-0.39, 0.29) is 29.8 Å². The number of halogens is 2. The Labute approximate surface area is 115 Å². The molecule has 2 aliphatic carbocycles. The standard InChI is InChI=1S/C16H26F2O/c1-9-4-3-5-11-12-7-6-10(2)15(18)16(12)19-8-13(11)14(9)17/h9-16H,3-8H2,1-2H3. The molecule has 3 heteroatoms. The van der Waals surface area contributed by atoms with Crippen molar-refractivity contribution in [2.24, 2.45) is 29.6 Å². The van der Waals surface area contributed by atoms with Crippen LogP contribution in [0.25, 0.3) is 0 Å². The van der Waals surface area contributed by atoms with Crippen LogP contribution < -0.4 is 0 Å². The average Bonchev–Trinajstić information content (AvgIpc) is 2.55. The van der Waals surface area contributed by atoms with Crippen LogP contribution in [0.4, 0.5) is 8.78 Å². The van der Waals surface area contributed by atoms with Gasteiger partial charge in [0, 0.05) is 5.92 Å². The van der Waals surface area contributed by atoms with Crippen LogP contribution in [0.3, 0.4) is 0 Å². The molecule has 0 N–H and O–H groups in total. The molecule has 1 aliphatic heterocycles. The van der Waals surface area contributed by atoms with Crippen LogP contribution in [0.5, 0.6) is 0 Å². The Bertz CT molecular complexity index is 322. The van der Waals surface area contributed by atoms with Gasteiger partial charge in [-0.1, -0.05) is 20.3 Å². The lowest BCUT2D eigenvalue weighted by atomic mass is 9.66. The Morgan fingerprint density at radius 2 is 1.53 bits per heavy atom. The number of fused-ring (bicyclic) bond motifs is 3. The van der Waals surface area contributed by atoms with Gasteiger partial charge in [0.1, 0.15) is 12.3 Å². The monoisotopic (exact) mass is 272 g/mol. The second kappa shape index (κ2) is 5.31. The minimum absolute atomic E-state index is 0.0133. The molecule has 3 rings (SSSR count). The minimum Gasteiger partial charge on any atom is -0.374 e. The van der Waals surface area contributed by atoms with Crippen LogP contribution >= 0.6 is 0 Å². The summed E-state index contributed by atoms with van der Waals surface area (Å²) in [4.78, 5) is 0. The summed E-state index contributed by atoms with van der Waals surface area (Å²) in [5, 5.41) is 0. The van der Waals surface area contributed by atoms with Crippen molar-refractivity contribution < 1.29 is 13.5 Å². The van der Waals surface area contributed by atoms with Crippen LogP contribution in [-0.4, -0.2) is 25.1 Å². The maximum Gasteiger partial charge on any atom is 0.129 e. The Kier molecular flexibility index (Phi) is 3.85. The largest absolute Gasteiger partial charge is 0.374 e. The highest BCUT2D eigenvalue weighted by Crippen LogP contribution is 2.48. The molecule has 8 unspecified atom stereocenters. The van der Waals surface area contributed by atoms with Crippen LogP contribution in [0.1, 0.15) is 46.0 Å². The van der Waals surface area contributed by atoms with Gasteiger partial charge in [0.15, 0.2) is 0 Å². The van der Waals surface area contributed by atoms with E-state index in [2.05, 4.69) is 0 Å². The predicted octanol–water partition coefficient (Wildman–Crippen LogP) is 4.16. The molecule has 0 aromatic rings. The Balaban J connectivity index is 1.80. The van der Waals surface area contributed by atoms with E-state index in [9.17, 15) is 8.78 Å². The summed E-state index contributed by atoms with van der Waals surface area (Å²) < 4.78 is 34.7. The van der Waals surface area contributed by atoms with Gasteiger partial charge >= 0.3 is 0 Å². The molecule has 8 atom stereocenters. The topological polar surface area (TPSA) is 9.23 Å². The number of hydrogen-bond donors (Lipinski definition) is 0. The number of rotatable bonds is 0. The van der Waals surface area contributed by atoms with Crippen molar-refractivity contribution in [2.45, 2.75) is 64.4 Å². The zero-order valence-corrected chi connectivity index (χ0v) is 12.0. The molecule has 110 valence electrons. The molecular formula is C16H26F2O. The van der Waals surface area contributed by atoms with E-state index in [1.54, 1.807) is 0 Å². The van der Waals surface area contributed by atoms with Crippen molar-refractivity contribution in [1.82, 2.24) is 0 Å². The summed E-state index contributed by atoms with van der Waals surface area (Å²) in [6.45, 7) is 4.42. The van der Waals surface area contributed by atoms with Crippen molar-refractivity contribution in [1.29, 1.82) is 0 Å². The first-order chi connectivity index (χ1) is 9.09. The number of alkyl halides is 2. The lowest BCUT2D eigenvalue weighted by Crippen LogP contribution is -2.53. The molecule has 0 radical (unpaired) electrons. The highest BCUT2D eigenvalue weighted by Gasteiger charge is 2.50. The maximum absolute atomic E-state index is 14.5. The molecule has 0 aromatic carbocycles. The van der Waals surface area contributed by atoms with E-state index >= 15 is 0 Å². The molecule has 0 amide bonds. The summed E-state index contributed by atoms with van der Waals surface area (Å²) in [6.07, 6.45) is 3.23. The molecule has 1 saturated heterocycles.